The third-order valence-corrected chi connectivity index (χ3v) is 14.4. The number of aromatic nitrogens is 8. The van der Waals surface area contributed by atoms with Crippen LogP contribution < -0.4 is 45.6 Å². The van der Waals surface area contributed by atoms with Crippen molar-refractivity contribution in [3.63, 3.8) is 0 Å². The Hall–Kier alpha value is -7.55. The summed E-state index contributed by atoms with van der Waals surface area (Å²) in [5, 5.41) is 23.6. The Morgan fingerprint density at radius 1 is 0.633 bits per heavy atom. The average molecular weight is 1120 g/mol. The van der Waals surface area contributed by atoms with Gasteiger partial charge in [-0.05, 0) is 75.6 Å². The molecule has 4 fully saturated rings. The summed E-state index contributed by atoms with van der Waals surface area (Å²) in [5.74, 6) is 2.98. The summed E-state index contributed by atoms with van der Waals surface area (Å²) in [6.45, 7) is 6.21. The molecule has 0 atom stereocenters. The first-order valence-electron chi connectivity index (χ1n) is 26.5. The molecule has 25 nitrogen and oxygen atoms in total. The van der Waals surface area contributed by atoms with Crippen molar-refractivity contribution < 1.29 is 45.8 Å². The van der Waals surface area contributed by atoms with Crippen LogP contribution in [0.1, 0.15) is 76.6 Å². The molecule has 79 heavy (non-hydrogen) atoms. The number of anilines is 6. The van der Waals surface area contributed by atoms with Gasteiger partial charge in [-0.2, -0.15) is 8.42 Å². The Morgan fingerprint density at radius 3 is 1.53 bits per heavy atom. The second-order valence-electron chi connectivity index (χ2n) is 19.9. The molecule has 5 N–H and O–H groups in total. The van der Waals surface area contributed by atoms with Crippen molar-refractivity contribution in [1.82, 2.24) is 50.5 Å². The number of carbonyl (C=O) groups excluding carboxylic acids is 2. The van der Waals surface area contributed by atoms with Crippen LogP contribution in [0, 0.1) is 0 Å². The summed E-state index contributed by atoms with van der Waals surface area (Å²) in [6, 6.07) is 11.5. The molecule has 2 aliphatic heterocycles. The van der Waals surface area contributed by atoms with Gasteiger partial charge in [0.2, 0.25) is 11.9 Å². The maximum absolute atomic E-state index is 11.9. The molecule has 0 radical (unpaired) electrons. The number of nitrogens with zero attached hydrogens (tertiary/aromatic N) is 12. The fourth-order valence-electron chi connectivity index (χ4n) is 9.83. The first kappa shape index (κ1) is 57.6. The zero-order chi connectivity index (χ0) is 56.1. The number of hydrogen-bond donors (Lipinski definition) is 5. The molecule has 430 valence electrons. The van der Waals surface area contributed by atoms with Gasteiger partial charge in [0, 0.05) is 121 Å². The van der Waals surface area contributed by atoms with E-state index in [0.717, 1.165) is 116 Å². The highest BCUT2D eigenvalue weighted by Crippen LogP contribution is 2.39. The molecule has 4 aromatic heterocycles. The van der Waals surface area contributed by atoms with Gasteiger partial charge in [-0.1, -0.05) is 0 Å². The van der Waals surface area contributed by atoms with Crippen LogP contribution in [0.25, 0.3) is 21.8 Å². The van der Waals surface area contributed by atoms with Crippen LogP contribution in [0.2, 0.25) is 0 Å². The van der Waals surface area contributed by atoms with Crippen LogP contribution in [-0.4, -0.2) is 191 Å². The number of phenols is 1. The number of hydrogen-bond acceptors (Lipinski definition) is 23. The minimum atomic E-state index is -3.41. The Morgan fingerprint density at radius 2 is 1.08 bits per heavy atom. The van der Waals surface area contributed by atoms with Crippen molar-refractivity contribution in [2.24, 2.45) is 0 Å². The van der Waals surface area contributed by atoms with E-state index in [1.54, 1.807) is 44.8 Å². The fourth-order valence-corrected chi connectivity index (χ4v) is 10.5. The Bertz CT molecular complexity index is 3150. The molecule has 26 heteroatoms. The Labute approximate surface area is 464 Å². The monoisotopic (exact) mass is 1110 g/mol. The van der Waals surface area contributed by atoms with E-state index in [2.05, 4.69) is 83.1 Å². The normalized spacial score (nSPS) is 19.4. The molecule has 2 aliphatic carbocycles. The van der Waals surface area contributed by atoms with Gasteiger partial charge in [-0.25, -0.2) is 39.9 Å². The maximum atomic E-state index is 11.9. The summed E-state index contributed by atoms with van der Waals surface area (Å²) in [7, 11) is 7.50. The van der Waals surface area contributed by atoms with Gasteiger partial charge in [0.05, 0.1) is 66.7 Å². The molecule has 2 amide bonds. The topological polar surface area (TPSA) is 290 Å². The van der Waals surface area contributed by atoms with E-state index in [4.69, 9.17) is 18.4 Å². The molecular weight excluding hydrogens is 1040 g/mol. The van der Waals surface area contributed by atoms with Crippen LogP contribution >= 0.6 is 0 Å². The van der Waals surface area contributed by atoms with Gasteiger partial charge in [0.25, 0.3) is 21.9 Å². The van der Waals surface area contributed by atoms with Crippen LogP contribution in [0.15, 0.2) is 61.4 Å². The number of nitrogens with one attached hydrogen (secondary N) is 4. The molecule has 4 aliphatic rings. The smallest absolute Gasteiger partial charge is 0.269 e. The Kier molecular flexibility index (Phi) is 19.6. The number of ether oxygens (including phenoxy) is 3. The molecule has 0 unspecified atom stereocenters. The van der Waals surface area contributed by atoms with Crippen molar-refractivity contribution in [1.29, 1.82) is 0 Å². The molecule has 10 rings (SSSR count). The SMILES string of the molecule is CN(C)c1ncnc2cc(N3CCOCC3)cc(O)c12.CNC(=O)c1ccnc(NC2CCC(OS(C)(=O)=O)CC2)n1.CNC(=O)c1ccnc(NC2CCC(Oc3cc(N4CCOCC4)cc4ncnc(N(C)C)c34)CC2)n1.[HH].[HH].[HH]. The highest BCUT2D eigenvalue weighted by molar-refractivity contribution is 7.86. The summed E-state index contributed by atoms with van der Waals surface area (Å²) in [6.07, 6.45) is 13.6. The summed E-state index contributed by atoms with van der Waals surface area (Å²) >= 11 is 0. The van der Waals surface area contributed by atoms with Gasteiger partial charge in [0.15, 0.2) is 0 Å². The van der Waals surface area contributed by atoms with Gasteiger partial charge >= 0.3 is 0 Å². The van der Waals surface area contributed by atoms with Crippen LogP contribution in [0.5, 0.6) is 11.5 Å². The molecule has 0 spiro atoms. The largest absolute Gasteiger partial charge is 0.507 e. The van der Waals surface area contributed by atoms with E-state index in [9.17, 15) is 23.1 Å². The predicted octanol–water partition coefficient (Wildman–Crippen LogP) is 5.00. The maximum Gasteiger partial charge on any atom is 0.269 e. The number of aromatic hydroxyl groups is 1. The highest BCUT2D eigenvalue weighted by atomic mass is 32.2. The van der Waals surface area contributed by atoms with Crippen molar-refractivity contribution in [3.8, 4) is 11.5 Å². The lowest BCUT2D eigenvalue weighted by Crippen LogP contribution is -2.36. The molecule has 6 heterocycles. The quantitative estimate of drug-likeness (QED) is 0.0897. The van der Waals surface area contributed by atoms with E-state index in [-0.39, 0.29) is 46.1 Å². The summed E-state index contributed by atoms with van der Waals surface area (Å²) in [5.41, 5.74) is 4.35. The Balaban J connectivity index is 0.000000236. The second kappa shape index (κ2) is 26.9. The van der Waals surface area contributed by atoms with Crippen molar-refractivity contribution >= 4 is 78.6 Å². The van der Waals surface area contributed by atoms with E-state index >= 15 is 0 Å². The zero-order valence-electron chi connectivity index (χ0n) is 45.9. The first-order valence-corrected chi connectivity index (χ1v) is 28.3. The zero-order valence-corrected chi connectivity index (χ0v) is 46.7. The van der Waals surface area contributed by atoms with Gasteiger partial charge in [-0.3, -0.25) is 13.8 Å². The van der Waals surface area contributed by atoms with E-state index < -0.39 is 10.1 Å². The predicted molar refractivity (Wildman–Crippen MR) is 309 cm³/mol. The van der Waals surface area contributed by atoms with Crippen molar-refractivity contribution in [3.05, 3.63) is 72.8 Å². The third-order valence-electron chi connectivity index (χ3n) is 13.8. The lowest BCUT2D eigenvalue weighted by Gasteiger charge is -2.32. The molecule has 2 saturated carbocycles. The molecule has 2 aromatic carbocycles. The average Bonchev–Trinajstić information content (AvgIpc) is 3.67. The molecule has 0 bridgehead atoms. The molecule has 2 saturated heterocycles. The van der Waals surface area contributed by atoms with Crippen molar-refractivity contribution in [2.75, 3.05) is 131 Å². The summed E-state index contributed by atoms with van der Waals surface area (Å²) < 4.78 is 44.8. The van der Waals surface area contributed by atoms with Crippen LogP contribution in [0.3, 0.4) is 0 Å². The lowest BCUT2D eigenvalue weighted by atomic mass is 9.93. The van der Waals surface area contributed by atoms with Gasteiger partial charge < -0.3 is 60.2 Å². The number of amides is 2. The second-order valence-corrected chi connectivity index (χ2v) is 21.5. The fraction of sp³-hybridized carbons (Fsp3) is 0.509. The highest BCUT2D eigenvalue weighted by Gasteiger charge is 2.28. The summed E-state index contributed by atoms with van der Waals surface area (Å²) in [4.78, 5) is 66.3. The van der Waals surface area contributed by atoms with Crippen molar-refractivity contribution in [2.45, 2.75) is 75.7 Å². The number of fused-ring (bicyclic) bond motifs is 2. The van der Waals surface area contributed by atoms with Crippen LogP contribution in [-0.2, 0) is 23.8 Å². The van der Waals surface area contributed by atoms with E-state index in [1.165, 1.54) is 12.5 Å². The minimum Gasteiger partial charge on any atom is -0.507 e. The number of phenolic OH excluding ortho intramolecular Hbond substituents is 1. The third kappa shape index (κ3) is 15.6. The first-order chi connectivity index (χ1) is 38.0. The molecular formula is C53H78N16O9S. The lowest BCUT2D eigenvalue weighted by molar-refractivity contribution is 0.0950. The van der Waals surface area contributed by atoms with Gasteiger partial charge in [-0.15, -0.1) is 0 Å². The van der Waals surface area contributed by atoms with Gasteiger partial charge in [0.1, 0.15) is 47.2 Å². The van der Waals surface area contributed by atoms with E-state index in [1.807, 2.05) is 44.1 Å². The molecule has 6 aromatic rings. The number of rotatable bonds is 14. The van der Waals surface area contributed by atoms with E-state index in [0.29, 0.717) is 67.9 Å². The number of carbonyl (C=O) groups is 2. The van der Waals surface area contributed by atoms with Crippen LogP contribution in [0.4, 0.5) is 34.9 Å². The number of benzene rings is 2. The minimum absolute atomic E-state index is 0. The standard InChI is InChI=1S/C26H34N8O3.C14H18N4O2.C13H20N4O4S.3H2/c1-27-25(35)20-8-9-28-26(32-20)31-17-4-6-19(7-5-17)37-22-15-18(34-10-12-36-13-11-34)14-21-23(22)24(33(2)3)30-16-29-21;1-17(2)14-13-11(15-9-16-14)7-10(8-12(13)19)18-3-5-20-6-4-18;1-14-12(18)11-7-8-15-13(17-11)16-9-3-5-10(6-4-9)21-22(2,19)20;;;/h8-9,14-17,19H,4-7,10-13H2,1-3H3,(H,27,35)(H,28,31,32);7-9,19H,3-6H2,1-2H3;7-10H,3-6H2,1-2H3,(H,14,18)(H,15,16,17);3*1H. The number of morpholine rings is 2.